The largest absolute Gasteiger partial charge is 0.409 e. The Hall–Kier alpha value is 0.397. The predicted octanol–water partition coefficient (Wildman–Crippen LogP) is 4.65. The molecule has 0 amide bonds. The molecule has 0 aromatic rings. The highest BCUT2D eigenvalue weighted by Crippen LogP contribution is 2.50. The van der Waals surface area contributed by atoms with Gasteiger partial charge in [-0.15, -0.1) is 0 Å². The summed E-state index contributed by atoms with van der Waals surface area (Å²) in [6.45, 7) is 16.2. The zero-order valence-electron chi connectivity index (χ0n) is 20.3. The predicted molar refractivity (Wildman–Crippen MR) is 124 cm³/mol. The average Bonchev–Trinajstić information content (AvgIpc) is 2.96. The van der Waals surface area contributed by atoms with Crippen LogP contribution in [0.5, 0.6) is 0 Å². The van der Waals surface area contributed by atoms with Gasteiger partial charge in [0, 0.05) is 6.66 Å². The standard InChI is InChI=1S/C19H42O9P2Si/c1-9-24-29(6,21)26-12-13-27-30(22,25-10-2)14-11-16-18(20)17(15-23-16)28-31(7,8)19(3,4)5/h16-18,20H,9-15H2,1-8H3/t16-,17?,18+,29?,30?/m1/s1. The Labute approximate surface area is 188 Å². The van der Waals surface area contributed by atoms with Crippen molar-refractivity contribution in [1.82, 2.24) is 0 Å². The van der Waals surface area contributed by atoms with E-state index < -0.39 is 41.8 Å². The Bertz CT molecular complexity index is 638. The van der Waals surface area contributed by atoms with Crippen molar-refractivity contribution in [2.24, 2.45) is 0 Å². The van der Waals surface area contributed by atoms with Crippen molar-refractivity contribution in [3.8, 4) is 0 Å². The molecule has 1 aliphatic rings. The highest BCUT2D eigenvalue weighted by Gasteiger charge is 2.45. The van der Waals surface area contributed by atoms with Crippen molar-refractivity contribution in [2.45, 2.75) is 77.5 Å². The van der Waals surface area contributed by atoms with E-state index in [2.05, 4.69) is 33.9 Å². The minimum absolute atomic E-state index is 0.0238. The SMILES string of the molecule is CCOP(C)(=O)OCCOP(=O)(CC[C@H]1OCC(O[Si](C)(C)C(C)(C)C)[C@H]1O)OCC. The molecule has 1 fully saturated rings. The first kappa shape index (κ1) is 29.4. The summed E-state index contributed by atoms with van der Waals surface area (Å²) >= 11 is 0. The fourth-order valence-corrected chi connectivity index (χ4v) is 6.78. The maximum atomic E-state index is 13.0. The number of aliphatic hydroxyl groups is 1. The van der Waals surface area contributed by atoms with Gasteiger partial charge in [-0.2, -0.15) is 0 Å². The number of ether oxygens (including phenoxy) is 1. The van der Waals surface area contributed by atoms with Crippen LogP contribution in [-0.4, -0.2) is 77.6 Å². The van der Waals surface area contributed by atoms with Gasteiger partial charge in [0.15, 0.2) is 8.32 Å². The fraction of sp³-hybridized carbons (Fsp3) is 1.00. The summed E-state index contributed by atoms with van der Waals surface area (Å²) < 4.78 is 58.0. The molecule has 0 aliphatic carbocycles. The second-order valence-corrected chi connectivity index (χ2v) is 18.2. The van der Waals surface area contributed by atoms with Crippen LogP contribution in [0.4, 0.5) is 0 Å². The van der Waals surface area contributed by atoms with E-state index in [0.717, 1.165) is 0 Å². The topological polar surface area (TPSA) is 110 Å². The molecular weight excluding hydrogens is 462 g/mol. The van der Waals surface area contributed by atoms with Gasteiger partial charge in [-0.05, 0) is 38.4 Å². The highest BCUT2D eigenvalue weighted by molar-refractivity contribution is 7.54. The molecule has 0 radical (unpaired) electrons. The van der Waals surface area contributed by atoms with Gasteiger partial charge < -0.3 is 32.4 Å². The van der Waals surface area contributed by atoms with Crippen molar-refractivity contribution in [2.75, 3.05) is 45.9 Å². The second-order valence-electron chi connectivity index (χ2n) is 9.18. The number of rotatable bonds is 14. The molecule has 9 nitrogen and oxygen atoms in total. The van der Waals surface area contributed by atoms with E-state index in [-0.39, 0.29) is 37.6 Å². The molecule has 3 unspecified atom stereocenters. The number of hydrogen-bond acceptors (Lipinski definition) is 9. The van der Waals surface area contributed by atoms with Gasteiger partial charge in [-0.25, -0.2) is 0 Å². The van der Waals surface area contributed by atoms with E-state index in [4.69, 9.17) is 27.3 Å². The molecule has 0 aromatic heterocycles. The Morgan fingerprint density at radius 2 is 1.61 bits per heavy atom. The minimum atomic E-state index is -3.42. The summed E-state index contributed by atoms with van der Waals surface area (Å²) in [6.07, 6.45) is -1.31. The van der Waals surface area contributed by atoms with Gasteiger partial charge in [0.25, 0.3) is 0 Å². The second kappa shape index (κ2) is 12.2. The molecule has 0 aromatic carbocycles. The molecule has 1 N–H and O–H groups in total. The summed E-state index contributed by atoms with van der Waals surface area (Å²) in [5, 5.41) is 10.7. The average molecular weight is 505 g/mol. The maximum absolute atomic E-state index is 13.0. The summed E-state index contributed by atoms with van der Waals surface area (Å²) in [4.78, 5) is 0. The first-order valence-corrected chi connectivity index (χ1v) is 17.5. The molecule has 1 saturated heterocycles. The Morgan fingerprint density at radius 3 is 2.16 bits per heavy atom. The van der Waals surface area contributed by atoms with Crippen LogP contribution < -0.4 is 0 Å². The molecular formula is C19H42O9P2Si. The summed E-state index contributed by atoms with van der Waals surface area (Å²) in [7, 11) is -8.61. The van der Waals surface area contributed by atoms with E-state index in [1.165, 1.54) is 6.66 Å². The van der Waals surface area contributed by atoms with E-state index in [1.807, 2.05) is 0 Å². The molecule has 0 bridgehead atoms. The monoisotopic (exact) mass is 504 g/mol. The molecule has 1 heterocycles. The Balaban J connectivity index is 2.57. The summed E-state index contributed by atoms with van der Waals surface area (Å²) in [5.74, 6) is 0. The smallest absolute Gasteiger partial charge is 0.330 e. The van der Waals surface area contributed by atoms with E-state index in [9.17, 15) is 14.2 Å². The van der Waals surface area contributed by atoms with Gasteiger partial charge >= 0.3 is 15.2 Å². The van der Waals surface area contributed by atoms with Crippen molar-refractivity contribution < 1.29 is 41.5 Å². The highest BCUT2D eigenvalue weighted by atomic mass is 31.2. The van der Waals surface area contributed by atoms with Crippen LogP contribution in [0, 0.1) is 0 Å². The normalized spacial score (nSPS) is 26.5. The van der Waals surface area contributed by atoms with Crippen LogP contribution in [0.15, 0.2) is 0 Å². The van der Waals surface area contributed by atoms with Crippen LogP contribution in [0.2, 0.25) is 18.1 Å². The van der Waals surface area contributed by atoms with E-state index >= 15 is 0 Å². The van der Waals surface area contributed by atoms with Crippen molar-refractivity contribution in [3.05, 3.63) is 0 Å². The van der Waals surface area contributed by atoms with Crippen LogP contribution >= 0.6 is 15.2 Å². The van der Waals surface area contributed by atoms with Crippen LogP contribution in [0.25, 0.3) is 0 Å². The van der Waals surface area contributed by atoms with E-state index in [1.54, 1.807) is 13.8 Å². The Kier molecular flexibility index (Phi) is 11.6. The third kappa shape index (κ3) is 9.65. The molecule has 1 aliphatic heterocycles. The molecule has 186 valence electrons. The molecule has 12 heteroatoms. The van der Waals surface area contributed by atoms with Crippen molar-refractivity contribution in [1.29, 1.82) is 0 Å². The molecule has 1 rings (SSSR count). The summed E-state index contributed by atoms with van der Waals surface area (Å²) in [5.41, 5.74) is 0. The molecule has 0 spiro atoms. The number of hydrogen-bond donors (Lipinski definition) is 1. The lowest BCUT2D eigenvalue weighted by Gasteiger charge is -2.38. The third-order valence-electron chi connectivity index (χ3n) is 5.56. The maximum Gasteiger partial charge on any atom is 0.330 e. The lowest BCUT2D eigenvalue weighted by atomic mass is 10.1. The van der Waals surface area contributed by atoms with Gasteiger partial charge in [-0.1, -0.05) is 20.8 Å². The van der Waals surface area contributed by atoms with Gasteiger partial charge in [-0.3, -0.25) is 9.13 Å². The quantitative estimate of drug-likeness (QED) is 0.205. The van der Waals surface area contributed by atoms with Crippen LogP contribution in [0.1, 0.15) is 41.0 Å². The van der Waals surface area contributed by atoms with Crippen molar-refractivity contribution in [3.63, 3.8) is 0 Å². The fourth-order valence-electron chi connectivity index (χ4n) is 2.87. The van der Waals surface area contributed by atoms with E-state index in [0.29, 0.717) is 13.0 Å². The molecule has 0 saturated carbocycles. The minimum Gasteiger partial charge on any atom is -0.409 e. The summed E-state index contributed by atoms with van der Waals surface area (Å²) in [6, 6.07) is 0. The first-order chi connectivity index (χ1) is 14.2. The van der Waals surface area contributed by atoms with Crippen LogP contribution in [0.3, 0.4) is 0 Å². The van der Waals surface area contributed by atoms with Gasteiger partial charge in [0.1, 0.15) is 6.10 Å². The van der Waals surface area contributed by atoms with Crippen molar-refractivity contribution >= 4 is 23.5 Å². The zero-order valence-corrected chi connectivity index (χ0v) is 23.1. The van der Waals surface area contributed by atoms with Gasteiger partial charge in [0.05, 0.1) is 51.4 Å². The molecule has 5 atom stereocenters. The number of aliphatic hydroxyl groups excluding tert-OH is 1. The Morgan fingerprint density at radius 1 is 1.03 bits per heavy atom. The zero-order chi connectivity index (χ0) is 23.9. The lowest BCUT2D eigenvalue weighted by Crippen LogP contribution is -2.47. The third-order valence-corrected chi connectivity index (χ3v) is 13.5. The first-order valence-electron chi connectivity index (χ1n) is 10.9. The van der Waals surface area contributed by atoms with Crippen LogP contribution in [-0.2, 0) is 36.4 Å². The van der Waals surface area contributed by atoms with Gasteiger partial charge in [0.2, 0.25) is 0 Å². The lowest BCUT2D eigenvalue weighted by molar-refractivity contribution is 0.0240. The molecule has 31 heavy (non-hydrogen) atoms.